The van der Waals surface area contributed by atoms with Crippen molar-refractivity contribution in [2.24, 2.45) is 0 Å². The van der Waals surface area contributed by atoms with Gasteiger partial charge in [-0.25, -0.2) is 5.09 Å². The van der Waals surface area contributed by atoms with Gasteiger partial charge in [0.05, 0.1) is 11.5 Å². The van der Waals surface area contributed by atoms with Crippen molar-refractivity contribution in [3.8, 4) is 12.3 Å². The van der Waals surface area contributed by atoms with E-state index >= 15 is 0 Å². The highest BCUT2D eigenvalue weighted by molar-refractivity contribution is 7.37. The number of nitrogen functional groups attached to an aromatic ring is 1. The molecule has 1 aliphatic rings. The highest BCUT2D eigenvalue weighted by Crippen LogP contribution is 2.44. The van der Waals surface area contributed by atoms with Crippen molar-refractivity contribution in [1.29, 1.82) is 0 Å². The van der Waals surface area contributed by atoms with Crippen LogP contribution in [0.1, 0.15) is 27.0 Å². The Balaban J connectivity index is 1.86. The zero-order chi connectivity index (χ0) is 26.3. The fourth-order valence-electron chi connectivity index (χ4n) is 3.82. The summed E-state index contributed by atoms with van der Waals surface area (Å²) in [5.41, 5.74) is 2.95. The molecular weight excluding hydrogens is 479 g/mol. The maximum Gasteiger partial charge on any atom is 0.323 e. The first-order chi connectivity index (χ1) is 16.2. The summed E-state index contributed by atoms with van der Waals surface area (Å²) in [4.78, 5) is 30.6. The molecule has 0 spiro atoms. The first kappa shape index (κ1) is 27.0. The third kappa shape index (κ3) is 5.18. The number of nitrogens with zero attached hydrogens (tertiary/aromatic N) is 2. The lowest BCUT2D eigenvalue weighted by molar-refractivity contribution is -0.149. The average Bonchev–Trinajstić information content (AvgIpc) is 3.26. The van der Waals surface area contributed by atoms with Gasteiger partial charge in [0.2, 0.25) is 5.95 Å². The summed E-state index contributed by atoms with van der Waals surface area (Å²) in [7, 11) is -0.0863. The number of aromatic amines is 1. The van der Waals surface area contributed by atoms with E-state index in [-0.39, 0.29) is 23.1 Å². The standard InChI is InChI=1S/C19H28B2N5O8P/c1-5-18(30)11(27)12(19(20,21)34-35(31)25-9(4)15(29)32-8(2)3)33-16(18)26-7-6-10-13(26)23-17(22)24-14(10)28/h1,6-9,11-12,16,27,30,35H,20-21H2,2-4H3,(H,25,31)(H3,22,23,24,28)/t9-,11-,12?,16+,18?/m0/s1. The number of fused-ring (bicyclic) bond motifs is 1. The van der Waals surface area contributed by atoms with Gasteiger partial charge in [-0.1, -0.05) is 5.92 Å². The molecule has 1 fully saturated rings. The van der Waals surface area contributed by atoms with Crippen LogP contribution in [0.5, 0.6) is 0 Å². The molecule has 6 atom stereocenters. The molecule has 1 saturated heterocycles. The van der Waals surface area contributed by atoms with Crippen molar-refractivity contribution >= 4 is 46.8 Å². The number of nitrogens with one attached hydrogen (secondary N) is 2. The Morgan fingerprint density at radius 2 is 2.17 bits per heavy atom. The largest absolute Gasteiger partial charge is 0.462 e. The second-order valence-electron chi connectivity index (χ2n) is 9.08. The number of hydrogen-bond acceptors (Lipinski definition) is 10. The van der Waals surface area contributed by atoms with E-state index in [1.54, 1.807) is 13.8 Å². The second-order valence-corrected chi connectivity index (χ2v) is 10.1. The second kappa shape index (κ2) is 9.81. The number of hydrogen-bond donors (Lipinski definition) is 5. The minimum atomic E-state index is -3.05. The van der Waals surface area contributed by atoms with Crippen molar-refractivity contribution in [2.45, 2.75) is 62.4 Å². The number of nitrogens with two attached hydrogens (primary N) is 1. The molecule has 0 bridgehead atoms. The molecule has 2 aromatic heterocycles. The van der Waals surface area contributed by atoms with Crippen LogP contribution in [0.15, 0.2) is 17.1 Å². The van der Waals surface area contributed by atoms with Crippen LogP contribution in [0.4, 0.5) is 5.95 Å². The van der Waals surface area contributed by atoms with Crippen molar-refractivity contribution in [3.63, 3.8) is 0 Å². The zero-order valence-corrected chi connectivity index (χ0v) is 20.9. The van der Waals surface area contributed by atoms with Gasteiger partial charge in [0.1, 0.15) is 33.9 Å². The number of rotatable bonds is 8. The smallest absolute Gasteiger partial charge is 0.323 e. The molecule has 3 heterocycles. The lowest BCUT2D eigenvalue weighted by Crippen LogP contribution is -2.54. The Labute approximate surface area is 203 Å². The number of aromatic nitrogens is 3. The van der Waals surface area contributed by atoms with Crippen LogP contribution < -0.4 is 16.4 Å². The quantitative estimate of drug-likeness (QED) is 0.107. The molecule has 2 aromatic rings. The van der Waals surface area contributed by atoms with Crippen LogP contribution in [0.3, 0.4) is 0 Å². The van der Waals surface area contributed by atoms with Gasteiger partial charge in [-0.2, -0.15) is 4.98 Å². The maximum atomic E-state index is 12.7. The van der Waals surface area contributed by atoms with Crippen LogP contribution in [0, 0.1) is 12.3 Å². The fraction of sp³-hybridized carbons (Fsp3) is 0.526. The van der Waals surface area contributed by atoms with Crippen LogP contribution in [0.2, 0.25) is 0 Å². The molecule has 0 amide bonds. The van der Waals surface area contributed by atoms with E-state index in [9.17, 15) is 24.4 Å². The number of anilines is 1. The number of esters is 1. The highest BCUT2D eigenvalue weighted by atomic mass is 31.1. The summed E-state index contributed by atoms with van der Waals surface area (Å²) in [6.07, 6.45) is 2.28. The molecule has 1 aliphatic heterocycles. The summed E-state index contributed by atoms with van der Waals surface area (Å²) in [5.74, 6) is 1.38. The predicted octanol–water partition coefficient (Wildman–Crippen LogP) is -2.81. The highest BCUT2D eigenvalue weighted by Gasteiger charge is 2.60. The van der Waals surface area contributed by atoms with Crippen LogP contribution in [0.25, 0.3) is 11.0 Å². The predicted molar refractivity (Wildman–Crippen MR) is 132 cm³/mol. The molecule has 3 unspecified atom stereocenters. The van der Waals surface area contributed by atoms with Crippen molar-refractivity contribution < 1.29 is 33.6 Å². The molecule has 0 aromatic carbocycles. The molecule has 0 aliphatic carbocycles. The van der Waals surface area contributed by atoms with E-state index in [1.165, 1.54) is 39.4 Å². The molecule has 3 rings (SSSR count). The molecule has 0 radical (unpaired) electrons. The molecule has 6 N–H and O–H groups in total. The van der Waals surface area contributed by atoms with Gasteiger partial charge in [-0.15, -0.1) is 6.42 Å². The van der Waals surface area contributed by atoms with E-state index in [0.29, 0.717) is 0 Å². The summed E-state index contributed by atoms with van der Waals surface area (Å²) in [6, 6.07) is 0.507. The molecule has 35 heavy (non-hydrogen) atoms. The van der Waals surface area contributed by atoms with E-state index in [1.807, 2.05) is 0 Å². The Hall–Kier alpha value is -2.59. The Bertz CT molecular complexity index is 1240. The average molecular weight is 507 g/mol. The third-order valence-electron chi connectivity index (χ3n) is 5.55. The minimum absolute atomic E-state index is 0.0734. The Morgan fingerprint density at radius 3 is 2.77 bits per heavy atom. The van der Waals surface area contributed by atoms with Gasteiger partial charge in [-0.3, -0.25) is 19.1 Å². The molecule has 0 saturated carbocycles. The van der Waals surface area contributed by atoms with Crippen molar-refractivity contribution in [3.05, 3.63) is 22.6 Å². The first-order valence-corrected chi connectivity index (χ1v) is 12.1. The number of ether oxygens (including phenoxy) is 2. The lowest BCUT2D eigenvalue weighted by atomic mass is 9.60. The lowest BCUT2D eigenvalue weighted by Gasteiger charge is -2.34. The van der Waals surface area contributed by atoms with E-state index < -0.39 is 55.2 Å². The topological polar surface area (TPSA) is 191 Å². The van der Waals surface area contributed by atoms with Crippen LogP contribution in [-0.2, 0) is 23.4 Å². The number of carbonyl (C=O) groups excluding carboxylic acids is 1. The molecule has 188 valence electrons. The number of aliphatic hydroxyl groups excluding tert-OH is 1. The van der Waals surface area contributed by atoms with E-state index in [0.717, 1.165) is 0 Å². The van der Waals surface area contributed by atoms with E-state index in [2.05, 4.69) is 21.0 Å². The van der Waals surface area contributed by atoms with Gasteiger partial charge < -0.3 is 34.5 Å². The fourth-order valence-corrected chi connectivity index (χ4v) is 4.94. The molecular formula is C19H28B2N5O8P. The van der Waals surface area contributed by atoms with Gasteiger partial charge in [-0.05, 0) is 26.8 Å². The van der Waals surface area contributed by atoms with E-state index in [4.69, 9.17) is 26.2 Å². The van der Waals surface area contributed by atoms with Gasteiger partial charge in [0, 0.05) is 11.6 Å². The third-order valence-corrected chi connectivity index (χ3v) is 6.93. The number of carbonyl (C=O) groups is 1. The van der Waals surface area contributed by atoms with Crippen LogP contribution >= 0.6 is 8.18 Å². The summed E-state index contributed by atoms with van der Waals surface area (Å²) < 4.78 is 30.6. The Morgan fingerprint density at radius 1 is 1.51 bits per heavy atom. The number of terminal acetylenes is 1. The van der Waals surface area contributed by atoms with Crippen molar-refractivity contribution in [2.75, 3.05) is 5.73 Å². The van der Waals surface area contributed by atoms with Crippen LogP contribution in [-0.4, -0.2) is 81.8 Å². The van der Waals surface area contributed by atoms with Gasteiger partial charge in [0.25, 0.3) is 13.7 Å². The Kier molecular flexibility index (Phi) is 7.57. The first-order valence-electron chi connectivity index (χ1n) is 10.8. The molecule has 16 heteroatoms. The summed E-state index contributed by atoms with van der Waals surface area (Å²) in [6.45, 7) is 4.83. The normalized spacial score (nSPS) is 26.5. The SMILES string of the molecule is BC(B)(O[PH](=O)N[C@@H](C)C(=O)OC(C)C)C1O[C@@H](n2ccc3c(=O)[nH]c(N)nc32)C(O)(C#C)[C@H]1O. The number of aliphatic hydroxyl groups is 2. The maximum absolute atomic E-state index is 12.7. The van der Waals surface area contributed by atoms with Gasteiger partial charge in [0.15, 0.2) is 17.5 Å². The summed E-state index contributed by atoms with van der Waals surface area (Å²) >= 11 is 0. The number of H-pyrrole nitrogens is 1. The molecule has 13 nitrogen and oxygen atoms in total. The van der Waals surface area contributed by atoms with Crippen molar-refractivity contribution in [1.82, 2.24) is 19.6 Å². The monoisotopic (exact) mass is 507 g/mol. The zero-order valence-electron chi connectivity index (χ0n) is 19.9. The summed E-state index contributed by atoms with van der Waals surface area (Å²) in [5, 5.41) is 23.4. The van der Waals surface area contributed by atoms with Gasteiger partial charge >= 0.3 is 5.97 Å². The minimum Gasteiger partial charge on any atom is -0.462 e.